The number of halogens is 3. The Morgan fingerprint density at radius 3 is 2.74 bits per heavy atom. The van der Waals surface area contributed by atoms with Crippen LogP contribution in [0, 0.1) is 10.5 Å². The molecule has 0 saturated heterocycles. The highest BCUT2D eigenvalue weighted by atomic mass is 127. The minimum Gasteiger partial charge on any atom is -0.435 e. The van der Waals surface area contributed by atoms with Gasteiger partial charge in [-0.15, -0.1) is 11.3 Å². The molecule has 3 rings (SSSR count). The summed E-state index contributed by atoms with van der Waals surface area (Å²) in [5.41, 5.74) is 2.33. The van der Waals surface area contributed by atoms with E-state index in [2.05, 4.69) is 42.7 Å². The third kappa shape index (κ3) is 5.45. The van der Waals surface area contributed by atoms with Crippen molar-refractivity contribution in [2.45, 2.75) is 26.5 Å². The highest BCUT2D eigenvalue weighted by Gasteiger charge is 2.10. The van der Waals surface area contributed by atoms with E-state index >= 15 is 0 Å². The number of hydrogen-bond donors (Lipinski definition) is 1. The van der Waals surface area contributed by atoms with Gasteiger partial charge < -0.3 is 10.1 Å². The molecule has 0 spiro atoms. The van der Waals surface area contributed by atoms with E-state index < -0.39 is 6.61 Å². The van der Waals surface area contributed by atoms with E-state index in [0.29, 0.717) is 17.4 Å². The number of rotatable bonds is 7. The SMILES string of the molecule is Cc1nn(CCC(=O)Nc2nc(-c3ccc(OC(F)F)cc3)cs2)cc1I. The van der Waals surface area contributed by atoms with Gasteiger partial charge in [0.1, 0.15) is 5.75 Å². The second kappa shape index (κ2) is 8.74. The minimum atomic E-state index is -2.86. The second-order valence-electron chi connectivity index (χ2n) is 5.56. The molecule has 142 valence electrons. The summed E-state index contributed by atoms with van der Waals surface area (Å²) in [7, 11) is 0. The predicted molar refractivity (Wildman–Crippen MR) is 107 cm³/mol. The van der Waals surface area contributed by atoms with E-state index in [1.165, 1.54) is 23.5 Å². The van der Waals surface area contributed by atoms with Crippen molar-refractivity contribution in [3.05, 3.63) is 45.1 Å². The first-order valence-corrected chi connectivity index (χ1v) is 9.87. The van der Waals surface area contributed by atoms with Gasteiger partial charge in [-0.05, 0) is 53.8 Å². The molecule has 0 unspecified atom stereocenters. The molecule has 1 aromatic carbocycles. The van der Waals surface area contributed by atoms with Crippen LogP contribution in [0.15, 0.2) is 35.8 Å². The van der Waals surface area contributed by atoms with Crippen molar-refractivity contribution in [3.63, 3.8) is 0 Å². The monoisotopic (exact) mass is 504 g/mol. The van der Waals surface area contributed by atoms with Crippen molar-refractivity contribution < 1.29 is 18.3 Å². The van der Waals surface area contributed by atoms with Crippen LogP contribution in [0.5, 0.6) is 5.75 Å². The van der Waals surface area contributed by atoms with Crippen molar-refractivity contribution in [3.8, 4) is 17.0 Å². The lowest BCUT2D eigenvalue weighted by atomic mass is 10.2. The number of carbonyl (C=O) groups excluding carboxylic acids is 1. The Morgan fingerprint density at radius 2 is 2.11 bits per heavy atom. The summed E-state index contributed by atoms with van der Waals surface area (Å²) in [5.74, 6) is -0.0687. The molecule has 0 aliphatic heterocycles. The van der Waals surface area contributed by atoms with Gasteiger partial charge in [0.2, 0.25) is 5.91 Å². The molecule has 0 bridgehead atoms. The summed E-state index contributed by atoms with van der Waals surface area (Å²) in [4.78, 5) is 16.5. The van der Waals surface area contributed by atoms with Crippen LogP contribution >= 0.6 is 33.9 Å². The van der Waals surface area contributed by atoms with Crippen LogP contribution in [0.2, 0.25) is 0 Å². The van der Waals surface area contributed by atoms with Gasteiger partial charge in [0.05, 0.1) is 15.0 Å². The van der Waals surface area contributed by atoms with Crippen LogP contribution in [-0.4, -0.2) is 27.3 Å². The summed E-state index contributed by atoms with van der Waals surface area (Å²) in [6.45, 7) is -0.452. The number of ether oxygens (including phenoxy) is 1. The zero-order chi connectivity index (χ0) is 19.4. The van der Waals surface area contributed by atoms with Crippen molar-refractivity contribution in [1.82, 2.24) is 14.8 Å². The van der Waals surface area contributed by atoms with Gasteiger partial charge in [-0.25, -0.2) is 4.98 Å². The van der Waals surface area contributed by atoms with Gasteiger partial charge in [-0.2, -0.15) is 13.9 Å². The van der Waals surface area contributed by atoms with E-state index in [1.54, 1.807) is 22.2 Å². The molecule has 0 aliphatic rings. The molecule has 3 aromatic rings. The molecule has 1 N–H and O–H groups in total. The molecular formula is C17H15F2IN4O2S. The number of benzene rings is 1. The Kier molecular flexibility index (Phi) is 6.37. The first kappa shape index (κ1) is 19.7. The molecule has 27 heavy (non-hydrogen) atoms. The van der Waals surface area contributed by atoms with E-state index in [4.69, 9.17) is 0 Å². The van der Waals surface area contributed by atoms with Crippen molar-refractivity contribution >= 4 is 45.0 Å². The fourth-order valence-corrected chi connectivity index (χ4v) is 3.44. The quantitative estimate of drug-likeness (QED) is 0.480. The zero-order valence-electron chi connectivity index (χ0n) is 14.2. The van der Waals surface area contributed by atoms with Gasteiger partial charge >= 0.3 is 6.61 Å². The molecule has 1 amide bonds. The fraction of sp³-hybridized carbons (Fsp3) is 0.235. The third-order valence-electron chi connectivity index (χ3n) is 3.58. The first-order valence-electron chi connectivity index (χ1n) is 7.91. The molecule has 0 atom stereocenters. The van der Waals surface area contributed by atoms with E-state index in [1.807, 2.05) is 13.1 Å². The lowest BCUT2D eigenvalue weighted by molar-refractivity contribution is -0.116. The number of amides is 1. The summed E-state index contributed by atoms with van der Waals surface area (Å²) < 4.78 is 31.5. The van der Waals surface area contributed by atoms with E-state index in [9.17, 15) is 13.6 Å². The van der Waals surface area contributed by atoms with Gasteiger partial charge in [0, 0.05) is 30.1 Å². The third-order valence-corrected chi connectivity index (χ3v) is 5.40. The minimum absolute atomic E-state index is 0.0843. The molecule has 0 aliphatic carbocycles. The second-order valence-corrected chi connectivity index (χ2v) is 7.58. The molecule has 10 heteroatoms. The van der Waals surface area contributed by atoms with Crippen molar-refractivity contribution in [1.29, 1.82) is 0 Å². The van der Waals surface area contributed by atoms with E-state index in [0.717, 1.165) is 14.8 Å². The predicted octanol–water partition coefficient (Wildman–Crippen LogP) is 4.55. The summed E-state index contributed by atoms with van der Waals surface area (Å²) in [6.07, 6.45) is 2.18. The smallest absolute Gasteiger partial charge is 0.387 e. The largest absolute Gasteiger partial charge is 0.435 e. The number of anilines is 1. The van der Waals surface area contributed by atoms with Gasteiger partial charge in [-0.3, -0.25) is 9.48 Å². The maximum atomic E-state index is 12.2. The standard InChI is InChI=1S/C17H15F2IN4O2S/c1-10-13(20)8-24(23-10)7-6-15(25)22-17-21-14(9-27-17)11-2-4-12(5-3-11)26-16(18)19/h2-5,8-9,16H,6-7H2,1H3,(H,21,22,25). The lowest BCUT2D eigenvalue weighted by Gasteiger charge is -2.04. The number of aromatic nitrogens is 3. The Hall–Kier alpha value is -2.08. The number of aryl methyl sites for hydroxylation is 2. The zero-order valence-corrected chi connectivity index (χ0v) is 17.1. The fourth-order valence-electron chi connectivity index (χ4n) is 2.28. The highest BCUT2D eigenvalue weighted by molar-refractivity contribution is 14.1. The maximum Gasteiger partial charge on any atom is 0.387 e. The molecule has 0 radical (unpaired) electrons. The number of hydrogen-bond acceptors (Lipinski definition) is 5. The van der Waals surface area contributed by atoms with Gasteiger partial charge in [-0.1, -0.05) is 0 Å². The number of alkyl halides is 2. The van der Waals surface area contributed by atoms with Crippen LogP contribution in [0.4, 0.5) is 13.9 Å². The molecule has 2 heterocycles. The van der Waals surface area contributed by atoms with Gasteiger partial charge in [0.15, 0.2) is 5.13 Å². The van der Waals surface area contributed by atoms with Crippen molar-refractivity contribution in [2.75, 3.05) is 5.32 Å². The summed E-state index contributed by atoms with van der Waals surface area (Å²) in [5, 5.41) is 9.35. The maximum absolute atomic E-state index is 12.2. The summed E-state index contributed by atoms with van der Waals surface area (Å²) >= 11 is 3.50. The Balaban J connectivity index is 1.56. The number of nitrogens with zero attached hydrogens (tertiary/aromatic N) is 3. The topological polar surface area (TPSA) is 69.0 Å². The molecule has 0 saturated carbocycles. The number of thiazole rings is 1. The van der Waals surface area contributed by atoms with Crippen molar-refractivity contribution in [2.24, 2.45) is 0 Å². The van der Waals surface area contributed by atoms with Crippen LogP contribution in [0.25, 0.3) is 11.3 Å². The Bertz CT molecular complexity index is 908. The average Bonchev–Trinajstić information content (AvgIpc) is 3.20. The average molecular weight is 504 g/mol. The molecule has 2 aromatic heterocycles. The number of carbonyl (C=O) groups is 1. The van der Waals surface area contributed by atoms with Crippen LogP contribution < -0.4 is 10.1 Å². The molecular weight excluding hydrogens is 489 g/mol. The molecule has 0 fully saturated rings. The van der Waals surface area contributed by atoms with Crippen LogP contribution in [0.1, 0.15) is 12.1 Å². The normalized spacial score (nSPS) is 11.0. The first-order chi connectivity index (χ1) is 12.9. The number of nitrogens with one attached hydrogen (secondary N) is 1. The van der Waals surface area contributed by atoms with Gasteiger partial charge in [0.25, 0.3) is 0 Å². The lowest BCUT2D eigenvalue weighted by Crippen LogP contribution is -2.14. The summed E-state index contributed by atoms with van der Waals surface area (Å²) in [6, 6.07) is 6.18. The van der Waals surface area contributed by atoms with Crippen LogP contribution in [0.3, 0.4) is 0 Å². The molecule has 6 nitrogen and oxygen atoms in total. The Morgan fingerprint density at radius 1 is 1.37 bits per heavy atom. The Labute approximate surface area is 171 Å². The van der Waals surface area contributed by atoms with Crippen LogP contribution in [-0.2, 0) is 11.3 Å². The van der Waals surface area contributed by atoms with E-state index in [-0.39, 0.29) is 18.1 Å². The highest BCUT2D eigenvalue weighted by Crippen LogP contribution is 2.27.